The van der Waals surface area contributed by atoms with Crippen molar-refractivity contribution in [2.24, 2.45) is 0 Å². The fourth-order valence-corrected chi connectivity index (χ4v) is 4.13. The topological polar surface area (TPSA) is 72.2 Å². The maximum atomic E-state index is 13.6. The Kier molecular flexibility index (Phi) is 10.0. The lowest BCUT2D eigenvalue weighted by molar-refractivity contribution is -0.133. The molecule has 0 aliphatic carbocycles. The summed E-state index contributed by atoms with van der Waals surface area (Å²) in [5.74, 6) is 2.40. The van der Waals surface area contributed by atoms with Crippen molar-refractivity contribution in [3.05, 3.63) is 82.3 Å². The van der Waals surface area contributed by atoms with Crippen LogP contribution in [0.4, 0.5) is 0 Å². The van der Waals surface area contributed by atoms with E-state index in [1.165, 1.54) is 0 Å². The molecule has 1 aromatic heterocycles. The minimum Gasteiger partial charge on any atom is -0.493 e. The molecule has 0 bridgehead atoms. The summed E-state index contributed by atoms with van der Waals surface area (Å²) in [6.45, 7) is 6.53. The maximum Gasteiger partial charge on any atom is 0.254 e. The second-order valence-corrected chi connectivity index (χ2v) is 9.40. The van der Waals surface area contributed by atoms with Gasteiger partial charge in [-0.15, -0.1) is 0 Å². The van der Waals surface area contributed by atoms with E-state index >= 15 is 0 Å². The Morgan fingerprint density at radius 1 is 1.00 bits per heavy atom. The molecule has 7 nitrogen and oxygen atoms in total. The molecule has 0 fully saturated rings. The van der Waals surface area contributed by atoms with Gasteiger partial charge in [-0.1, -0.05) is 24.6 Å². The number of furan rings is 1. The number of carbonyl (C=O) groups is 2. The van der Waals surface area contributed by atoms with Gasteiger partial charge in [-0.3, -0.25) is 9.59 Å². The second kappa shape index (κ2) is 13.2. The van der Waals surface area contributed by atoms with Crippen molar-refractivity contribution in [3.8, 4) is 11.5 Å². The lowest BCUT2D eigenvalue weighted by Crippen LogP contribution is -2.46. The highest BCUT2D eigenvalue weighted by Crippen LogP contribution is 2.28. The van der Waals surface area contributed by atoms with Crippen LogP contribution in [0.5, 0.6) is 11.5 Å². The van der Waals surface area contributed by atoms with E-state index in [0.29, 0.717) is 47.4 Å². The number of benzene rings is 2. The van der Waals surface area contributed by atoms with Gasteiger partial charge >= 0.3 is 0 Å². The number of carbonyl (C=O) groups excluding carboxylic acids is 2. The zero-order valence-corrected chi connectivity index (χ0v) is 22.9. The Labute approximate surface area is 223 Å². The highest BCUT2D eigenvalue weighted by molar-refractivity contribution is 6.30. The molecule has 2 aromatic carbocycles. The maximum absolute atomic E-state index is 13.6. The molecule has 1 heterocycles. The number of rotatable bonds is 12. The van der Waals surface area contributed by atoms with Gasteiger partial charge in [-0.25, -0.2) is 0 Å². The van der Waals surface area contributed by atoms with Gasteiger partial charge in [0, 0.05) is 23.2 Å². The predicted molar refractivity (Wildman–Crippen MR) is 144 cm³/mol. The monoisotopic (exact) mass is 526 g/mol. The van der Waals surface area contributed by atoms with Crippen molar-refractivity contribution < 1.29 is 23.5 Å². The van der Waals surface area contributed by atoms with Gasteiger partial charge in [-0.05, 0) is 80.8 Å². The molecule has 2 amide bonds. The fraction of sp³-hybridized carbons (Fsp3) is 0.379. The molecule has 8 heteroatoms. The minimum absolute atomic E-state index is 0.0396. The van der Waals surface area contributed by atoms with Crippen LogP contribution >= 0.6 is 11.6 Å². The third kappa shape index (κ3) is 7.52. The normalized spacial score (nSPS) is 11.6. The molecule has 0 aliphatic rings. The molecule has 0 aliphatic heterocycles. The molecule has 0 spiro atoms. The summed E-state index contributed by atoms with van der Waals surface area (Å²) in [5.41, 5.74) is 1.50. The van der Waals surface area contributed by atoms with E-state index < -0.39 is 0 Å². The highest BCUT2D eigenvalue weighted by atomic mass is 35.5. The van der Waals surface area contributed by atoms with E-state index in [0.717, 1.165) is 17.7 Å². The summed E-state index contributed by atoms with van der Waals surface area (Å²) in [6, 6.07) is 16.1. The van der Waals surface area contributed by atoms with Crippen molar-refractivity contribution >= 4 is 23.4 Å². The first-order valence-electron chi connectivity index (χ1n) is 12.4. The van der Waals surface area contributed by atoms with Crippen molar-refractivity contribution in [1.29, 1.82) is 0 Å². The van der Waals surface area contributed by atoms with Gasteiger partial charge in [-0.2, -0.15) is 0 Å². The molecule has 0 saturated heterocycles. The minimum atomic E-state index is -0.201. The Balaban J connectivity index is 1.81. The van der Waals surface area contributed by atoms with Crippen LogP contribution in [-0.4, -0.2) is 55.0 Å². The smallest absolute Gasteiger partial charge is 0.254 e. The molecule has 3 rings (SSSR count). The molecule has 1 unspecified atom stereocenters. The molecule has 0 N–H and O–H groups in total. The third-order valence-electron chi connectivity index (χ3n) is 6.39. The number of aryl methyl sites for hydroxylation is 1. The average Bonchev–Trinajstić information content (AvgIpc) is 3.33. The summed E-state index contributed by atoms with van der Waals surface area (Å²) >= 11 is 6.00. The fourth-order valence-electron chi connectivity index (χ4n) is 4.00. The summed E-state index contributed by atoms with van der Waals surface area (Å²) in [4.78, 5) is 30.4. The van der Waals surface area contributed by atoms with E-state index in [-0.39, 0.29) is 24.4 Å². The van der Waals surface area contributed by atoms with Crippen molar-refractivity contribution in [2.45, 2.75) is 46.2 Å². The molecule has 0 saturated carbocycles. The van der Waals surface area contributed by atoms with E-state index in [9.17, 15) is 9.59 Å². The largest absolute Gasteiger partial charge is 0.493 e. The van der Waals surface area contributed by atoms with Gasteiger partial charge in [0.15, 0.2) is 11.5 Å². The standard InChI is InChI=1S/C29H35ClN2O5/c1-6-20(2)32(29(34)23-9-11-24(30)12-10-23)19-28(33)31(18-25-13-7-21(3)37-25)16-15-22-8-14-26(35-4)27(17-22)36-5/h7-14,17,20H,6,15-16,18-19H2,1-5H3. The van der Waals surface area contributed by atoms with Crippen molar-refractivity contribution in [3.63, 3.8) is 0 Å². The van der Waals surface area contributed by atoms with E-state index in [1.54, 1.807) is 48.3 Å². The van der Waals surface area contributed by atoms with Crippen molar-refractivity contribution in [2.75, 3.05) is 27.3 Å². The van der Waals surface area contributed by atoms with Gasteiger partial charge in [0.25, 0.3) is 5.91 Å². The summed E-state index contributed by atoms with van der Waals surface area (Å²) in [7, 11) is 3.19. The number of halogens is 1. The van der Waals surface area contributed by atoms with Gasteiger partial charge in [0.05, 0.1) is 20.8 Å². The van der Waals surface area contributed by atoms with Crippen LogP contribution in [0.1, 0.15) is 47.7 Å². The molecular formula is C29H35ClN2O5. The number of hydrogen-bond acceptors (Lipinski definition) is 5. The van der Waals surface area contributed by atoms with Gasteiger partial charge < -0.3 is 23.7 Å². The molecule has 0 radical (unpaired) electrons. The van der Waals surface area contributed by atoms with E-state index in [1.807, 2.05) is 51.1 Å². The van der Waals surface area contributed by atoms with Crippen LogP contribution in [0.2, 0.25) is 5.02 Å². The predicted octanol–water partition coefficient (Wildman–Crippen LogP) is 5.77. The lowest BCUT2D eigenvalue weighted by atomic mass is 10.1. The SMILES string of the molecule is CCC(C)N(CC(=O)N(CCc1ccc(OC)c(OC)c1)Cc1ccc(C)o1)C(=O)c1ccc(Cl)cc1. The Morgan fingerprint density at radius 3 is 2.30 bits per heavy atom. The van der Waals surface area contributed by atoms with Crippen LogP contribution < -0.4 is 9.47 Å². The summed E-state index contributed by atoms with van der Waals surface area (Å²) in [5, 5.41) is 0.554. The molecular weight excluding hydrogens is 492 g/mol. The Bertz CT molecular complexity index is 1190. The summed E-state index contributed by atoms with van der Waals surface area (Å²) < 4.78 is 16.5. The number of hydrogen-bond donors (Lipinski definition) is 0. The van der Waals surface area contributed by atoms with Crippen molar-refractivity contribution in [1.82, 2.24) is 9.80 Å². The highest BCUT2D eigenvalue weighted by Gasteiger charge is 2.26. The van der Waals surface area contributed by atoms with Gasteiger partial charge in [0.1, 0.15) is 18.1 Å². The number of ether oxygens (including phenoxy) is 2. The number of methoxy groups -OCH3 is 2. The van der Waals surface area contributed by atoms with Crippen LogP contribution in [-0.2, 0) is 17.8 Å². The molecule has 1 atom stereocenters. The zero-order chi connectivity index (χ0) is 26.9. The molecule has 3 aromatic rings. The zero-order valence-electron chi connectivity index (χ0n) is 22.1. The van der Waals surface area contributed by atoms with Gasteiger partial charge in [0.2, 0.25) is 5.91 Å². The lowest BCUT2D eigenvalue weighted by Gasteiger charge is -2.31. The summed E-state index contributed by atoms with van der Waals surface area (Å²) in [6.07, 6.45) is 1.32. The van der Waals surface area contributed by atoms with Crippen LogP contribution in [0.15, 0.2) is 59.0 Å². The van der Waals surface area contributed by atoms with E-state index in [2.05, 4.69) is 0 Å². The third-order valence-corrected chi connectivity index (χ3v) is 6.65. The first-order valence-corrected chi connectivity index (χ1v) is 12.7. The number of amides is 2. The van der Waals surface area contributed by atoms with E-state index in [4.69, 9.17) is 25.5 Å². The van der Waals surface area contributed by atoms with Crippen LogP contribution in [0.25, 0.3) is 0 Å². The molecule has 198 valence electrons. The second-order valence-electron chi connectivity index (χ2n) is 8.96. The Morgan fingerprint density at radius 2 is 1.70 bits per heavy atom. The molecule has 37 heavy (non-hydrogen) atoms. The number of nitrogens with zero attached hydrogens (tertiary/aromatic N) is 2. The van der Waals surface area contributed by atoms with Crippen LogP contribution in [0, 0.1) is 6.92 Å². The first kappa shape index (κ1) is 28.1. The average molecular weight is 527 g/mol. The Hall–Kier alpha value is -3.45. The first-order chi connectivity index (χ1) is 17.7. The van der Waals surface area contributed by atoms with Crippen LogP contribution in [0.3, 0.4) is 0 Å². The quantitative estimate of drug-likeness (QED) is 0.299.